The van der Waals surface area contributed by atoms with Gasteiger partial charge >= 0.3 is 6.72 Å². The Kier molecular flexibility index (Phi) is 5.63. The van der Waals surface area contributed by atoms with E-state index in [4.69, 9.17) is 37.0 Å². The summed E-state index contributed by atoms with van der Waals surface area (Å²) >= 11 is 11.4. The van der Waals surface area contributed by atoms with E-state index < -0.39 is 6.72 Å². The van der Waals surface area contributed by atoms with Crippen molar-refractivity contribution in [1.82, 2.24) is 0 Å². The molecule has 0 amide bonds. The van der Waals surface area contributed by atoms with Crippen LogP contribution in [0.2, 0.25) is 5.02 Å². The second kappa shape index (κ2) is 6.36. The normalized spacial score (nSPS) is 11.9. The fourth-order valence-corrected chi connectivity index (χ4v) is 2.58. The third-order valence-electron chi connectivity index (χ3n) is 2.57. The van der Waals surface area contributed by atoms with E-state index in [1.54, 1.807) is 0 Å². The highest BCUT2D eigenvalue weighted by Crippen LogP contribution is 2.50. The Balaban J connectivity index is 3.23. The van der Waals surface area contributed by atoms with Crippen molar-refractivity contribution in [2.24, 2.45) is 0 Å². The third kappa shape index (κ3) is 3.69. The maximum absolute atomic E-state index is 6.13. The number of aryl methyl sites for hydroxylation is 1. The molecule has 0 saturated heterocycles. The van der Waals surface area contributed by atoms with E-state index in [0.717, 1.165) is 11.1 Å². The van der Waals surface area contributed by atoms with E-state index in [1.165, 1.54) is 14.2 Å². The van der Waals surface area contributed by atoms with Crippen molar-refractivity contribution in [3.63, 3.8) is 0 Å². The van der Waals surface area contributed by atoms with Gasteiger partial charge in [0, 0.05) is 31.0 Å². The molecule has 0 unspecified atom stereocenters. The standard InChI is InChI=1S/C12H18ClO3PS/c1-8(2)10-7-11(13)9(3)6-12(10)16-17(18,14-4)15-5/h6-8H,1-5H3. The molecule has 1 aromatic rings. The second-order valence-corrected chi connectivity index (χ2v) is 7.75. The van der Waals surface area contributed by atoms with Crippen molar-refractivity contribution < 1.29 is 13.6 Å². The fraction of sp³-hybridized carbons (Fsp3) is 0.500. The smallest absolute Gasteiger partial charge is 0.380 e. The van der Waals surface area contributed by atoms with Crippen molar-refractivity contribution >= 4 is 30.1 Å². The van der Waals surface area contributed by atoms with Gasteiger partial charge in [0.05, 0.1) is 0 Å². The first-order chi connectivity index (χ1) is 8.33. The average molecular weight is 309 g/mol. The van der Waals surface area contributed by atoms with Gasteiger partial charge in [-0.1, -0.05) is 25.4 Å². The molecular weight excluding hydrogens is 291 g/mol. The molecule has 0 radical (unpaired) electrons. The van der Waals surface area contributed by atoms with Gasteiger partial charge in [0.15, 0.2) is 0 Å². The van der Waals surface area contributed by atoms with Crippen LogP contribution in [0.25, 0.3) is 0 Å². The summed E-state index contributed by atoms with van der Waals surface area (Å²) in [5, 5.41) is 0.717. The first-order valence-electron chi connectivity index (χ1n) is 5.54. The summed E-state index contributed by atoms with van der Waals surface area (Å²) in [7, 11) is 2.98. The molecule has 0 atom stereocenters. The SMILES string of the molecule is COP(=S)(OC)Oc1cc(C)c(Cl)cc1C(C)C. The van der Waals surface area contributed by atoms with Crippen LogP contribution in [0.1, 0.15) is 30.9 Å². The van der Waals surface area contributed by atoms with Crippen molar-refractivity contribution in [2.45, 2.75) is 26.7 Å². The molecule has 0 N–H and O–H groups in total. The Bertz CT molecular complexity index is 469. The Hall–Kier alpha value is -0.120. The molecule has 1 rings (SSSR count). The summed E-state index contributed by atoms with van der Waals surface area (Å²) in [6, 6.07) is 3.78. The van der Waals surface area contributed by atoms with Crippen LogP contribution in [-0.2, 0) is 20.9 Å². The lowest BCUT2D eigenvalue weighted by Crippen LogP contribution is -2.01. The molecule has 0 bridgehead atoms. The zero-order valence-corrected chi connectivity index (χ0v) is 13.7. The number of halogens is 1. The van der Waals surface area contributed by atoms with Gasteiger partial charge in [-0.05, 0) is 36.1 Å². The number of hydrogen-bond donors (Lipinski definition) is 0. The molecule has 3 nitrogen and oxygen atoms in total. The van der Waals surface area contributed by atoms with Gasteiger partial charge < -0.3 is 13.6 Å². The lowest BCUT2D eigenvalue weighted by atomic mass is 10.0. The molecule has 0 aliphatic rings. The maximum atomic E-state index is 6.13. The Morgan fingerprint density at radius 3 is 2.22 bits per heavy atom. The Morgan fingerprint density at radius 1 is 1.22 bits per heavy atom. The monoisotopic (exact) mass is 308 g/mol. The van der Waals surface area contributed by atoms with Gasteiger partial charge in [0.2, 0.25) is 0 Å². The average Bonchev–Trinajstić information content (AvgIpc) is 2.33. The van der Waals surface area contributed by atoms with Crippen LogP contribution in [0.5, 0.6) is 5.75 Å². The molecule has 1 aromatic carbocycles. The quantitative estimate of drug-likeness (QED) is 0.739. The lowest BCUT2D eigenvalue weighted by Gasteiger charge is -2.22. The third-order valence-corrected chi connectivity index (χ3v) is 5.41. The van der Waals surface area contributed by atoms with E-state index >= 15 is 0 Å². The zero-order valence-electron chi connectivity index (χ0n) is 11.2. The molecule has 18 heavy (non-hydrogen) atoms. The van der Waals surface area contributed by atoms with E-state index in [9.17, 15) is 0 Å². The first kappa shape index (κ1) is 15.9. The van der Waals surface area contributed by atoms with Gasteiger partial charge in [-0.15, -0.1) is 0 Å². The number of rotatable bonds is 5. The van der Waals surface area contributed by atoms with Gasteiger partial charge in [-0.3, -0.25) is 0 Å². The van der Waals surface area contributed by atoms with Gasteiger partial charge in [0.1, 0.15) is 5.75 Å². The molecule has 0 heterocycles. The van der Waals surface area contributed by atoms with E-state index in [-0.39, 0.29) is 5.92 Å². The van der Waals surface area contributed by atoms with Crippen molar-refractivity contribution in [3.05, 3.63) is 28.3 Å². The highest BCUT2D eigenvalue weighted by atomic mass is 35.5. The number of hydrogen-bond acceptors (Lipinski definition) is 4. The van der Waals surface area contributed by atoms with Gasteiger partial charge in [0.25, 0.3) is 0 Å². The van der Waals surface area contributed by atoms with Crippen molar-refractivity contribution in [2.75, 3.05) is 14.2 Å². The minimum absolute atomic E-state index is 0.273. The molecule has 0 spiro atoms. The molecule has 0 aromatic heterocycles. The summed E-state index contributed by atoms with van der Waals surface area (Å²) in [5.74, 6) is 0.953. The van der Waals surface area contributed by atoms with E-state index in [2.05, 4.69) is 13.8 Å². The highest BCUT2D eigenvalue weighted by Gasteiger charge is 2.22. The Morgan fingerprint density at radius 2 is 1.78 bits per heavy atom. The molecule has 0 aliphatic heterocycles. The largest absolute Gasteiger partial charge is 0.424 e. The van der Waals surface area contributed by atoms with Crippen molar-refractivity contribution in [3.8, 4) is 5.75 Å². The zero-order chi connectivity index (χ0) is 13.9. The topological polar surface area (TPSA) is 27.7 Å². The predicted molar refractivity (Wildman–Crippen MR) is 79.2 cm³/mol. The maximum Gasteiger partial charge on any atom is 0.380 e. The molecule has 0 saturated carbocycles. The van der Waals surface area contributed by atoms with Crippen LogP contribution in [0.4, 0.5) is 0 Å². The molecular formula is C12H18ClO3PS. The van der Waals surface area contributed by atoms with Crippen LogP contribution >= 0.6 is 18.3 Å². The molecule has 0 fully saturated rings. The molecule has 0 aliphatic carbocycles. The van der Waals surface area contributed by atoms with Crippen molar-refractivity contribution in [1.29, 1.82) is 0 Å². The summed E-state index contributed by atoms with van der Waals surface area (Å²) in [6.07, 6.45) is 0. The second-order valence-electron chi connectivity index (χ2n) is 4.20. The predicted octanol–water partition coefficient (Wildman–Crippen LogP) is 4.67. The first-order valence-corrected chi connectivity index (χ1v) is 8.47. The molecule has 6 heteroatoms. The Labute approximate surface area is 119 Å². The fourth-order valence-electron chi connectivity index (χ4n) is 1.47. The van der Waals surface area contributed by atoms with Crippen LogP contribution < -0.4 is 4.52 Å². The number of benzene rings is 1. The van der Waals surface area contributed by atoms with Crippen LogP contribution in [0.3, 0.4) is 0 Å². The summed E-state index contributed by atoms with van der Waals surface area (Å²) in [4.78, 5) is 0. The summed E-state index contributed by atoms with van der Waals surface area (Å²) in [6.45, 7) is 3.34. The van der Waals surface area contributed by atoms with Crippen LogP contribution in [0, 0.1) is 6.92 Å². The lowest BCUT2D eigenvalue weighted by molar-refractivity contribution is 0.272. The van der Waals surface area contributed by atoms with E-state index in [1.807, 2.05) is 19.1 Å². The minimum atomic E-state index is -2.71. The highest BCUT2D eigenvalue weighted by molar-refractivity contribution is 8.07. The van der Waals surface area contributed by atoms with Gasteiger partial charge in [-0.25, -0.2) is 0 Å². The van der Waals surface area contributed by atoms with Crippen LogP contribution in [0.15, 0.2) is 12.1 Å². The van der Waals surface area contributed by atoms with E-state index in [0.29, 0.717) is 10.8 Å². The summed E-state index contributed by atoms with van der Waals surface area (Å²) < 4.78 is 16.0. The van der Waals surface area contributed by atoms with Gasteiger partial charge in [-0.2, -0.15) is 0 Å². The molecule has 102 valence electrons. The van der Waals surface area contributed by atoms with Crippen LogP contribution in [-0.4, -0.2) is 14.2 Å². The minimum Gasteiger partial charge on any atom is -0.424 e. The summed E-state index contributed by atoms with van der Waals surface area (Å²) in [5.41, 5.74) is 1.93.